The zero-order valence-electron chi connectivity index (χ0n) is 14.1. The van der Waals surface area contributed by atoms with E-state index >= 15 is 0 Å². The maximum absolute atomic E-state index is 13.1. The lowest BCUT2D eigenvalue weighted by Gasteiger charge is -2.07. The SMILES string of the molecule is Cc1cc(-n2nnc(C(=O)NCc3ccc(F)cc3Cl)c2C)ccc1Br. The van der Waals surface area contributed by atoms with Gasteiger partial charge in [-0.1, -0.05) is 38.8 Å². The van der Waals surface area contributed by atoms with Gasteiger partial charge in [0.05, 0.1) is 11.4 Å². The molecule has 3 rings (SSSR count). The summed E-state index contributed by atoms with van der Waals surface area (Å²) in [6.07, 6.45) is 0. The maximum Gasteiger partial charge on any atom is 0.274 e. The van der Waals surface area contributed by atoms with Crippen molar-refractivity contribution in [1.82, 2.24) is 20.3 Å². The van der Waals surface area contributed by atoms with Gasteiger partial charge in [-0.05, 0) is 55.3 Å². The van der Waals surface area contributed by atoms with Crippen LogP contribution in [0.1, 0.15) is 27.3 Å². The molecule has 0 aliphatic rings. The monoisotopic (exact) mass is 436 g/mol. The fraction of sp³-hybridized carbons (Fsp3) is 0.167. The second-order valence-electron chi connectivity index (χ2n) is 5.79. The van der Waals surface area contributed by atoms with Gasteiger partial charge in [-0.2, -0.15) is 0 Å². The number of hydrogen-bond donors (Lipinski definition) is 1. The number of rotatable bonds is 4. The minimum Gasteiger partial charge on any atom is -0.346 e. The minimum atomic E-state index is -0.423. The topological polar surface area (TPSA) is 59.8 Å². The number of nitrogens with one attached hydrogen (secondary N) is 1. The molecule has 0 spiro atoms. The molecule has 0 fully saturated rings. The van der Waals surface area contributed by atoms with E-state index in [-0.39, 0.29) is 23.2 Å². The van der Waals surface area contributed by atoms with Gasteiger partial charge >= 0.3 is 0 Å². The van der Waals surface area contributed by atoms with Crippen molar-refractivity contribution >= 4 is 33.4 Å². The number of aromatic nitrogens is 3. The number of nitrogens with zero attached hydrogens (tertiary/aromatic N) is 3. The van der Waals surface area contributed by atoms with Crippen LogP contribution in [0.2, 0.25) is 5.02 Å². The standard InChI is InChI=1S/C18H15BrClFN4O/c1-10-7-14(5-6-15(10)19)25-11(2)17(23-24-25)18(26)22-9-12-3-4-13(21)8-16(12)20/h3-8H,9H2,1-2H3,(H,22,26). The summed E-state index contributed by atoms with van der Waals surface area (Å²) >= 11 is 9.43. The van der Waals surface area contributed by atoms with E-state index in [2.05, 4.69) is 31.6 Å². The average molecular weight is 438 g/mol. The van der Waals surface area contributed by atoms with Gasteiger partial charge in [0.1, 0.15) is 5.82 Å². The molecule has 3 aromatic rings. The Hall–Kier alpha value is -2.25. The van der Waals surface area contributed by atoms with Crippen molar-refractivity contribution in [1.29, 1.82) is 0 Å². The first-order chi connectivity index (χ1) is 12.4. The van der Waals surface area contributed by atoms with Crippen LogP contribution in [0.3, 0.4) is 0 Å². The van der Waals surface area contributed by atoms with Gasteiger partial charge in [0.2, 0.25) is 0 Å². The molecule has 1 heterocycles. The number of hydrogen-bond acceptors (Lipinski definition) is 3. The van der Waals surface area contributed by atoms with E-state index in [1.54, 1.807) is 11.6 Å². The summed E-state index contributed by atoms with van der Waals surface area (Å²) in [5, 5.41) is 11.1. The van der Waals surface area contributed by atoms with Crippen LogP contribution in [0.4, 0.5) is 4.39 Å². The smallest absolute Gasteiger partial charge is 0.274 e. The summed E-state index contributed by atoms with van der Waals surface area (Å²) in [5.74, 6) is -0.795. The molecule has 2 aromatic carbocycles. The van der Waals surface area contributed by atoms with Crippen molar-refractivity contribution in [2.24, 2.45) is 0 Å². The molecule has 0 bridgehead atoms. The average Bonchev–Trinajstić information content (AvgIpc) is 2.98. The van der Waals surface area contributed by atoms with Gasteiger partial charge in [-0.25, -0.2) is 9.07 Å². The lowest BCUT2D eigenvalue weighted by molar-refractivity contribution is 0.0945. The number of amides is 1. The molecule has 8 heteroatoms. The summed E-state index contributed by atoms with van der Waals surface area (Å²) in [6.45, 7) is 3.92. The van der Waals surface area contributed by atoms with Gasteiger partial charge in [0.25, 0.3) is 5.91 Å². The van der Waals surface area contributed by atoms with Crippen molar-refractivity contribution in [2.75, 3.05) is 0 Å². The second kappa shape index (κ2) is 7.55. The van der Waals surface area contributed by atoms with Crippen LogP contribution >= 0.6 is 27.5 Å². The molecule has 1 aromatic heterocycles. The van der Waals surface area contributed by atoms with E-state index < -0.39 is 5.82 Å². The molecule has 0 saturated heterocycles. The van der Waals surface area contributed by atoms with Crippen molar-refractivity contribution in [3.05, 3.63) is 74.2 Å². The van der Waals surface area contributed by atoms with Crippen molar-refractivity contribution in [2.45, 2.75) is 20.4 Å². The summed E-state index contributed by atoms with van der Waals surface area (Å²) in [4.78, 5) is 12.4. The normalized spacial score (nSPS) is 10.8. The molecule has 0 aliphatic carbocycles. The third-order valence-electron chi connectivity index (χ3n) is 3.95. The van der Waals surface area contributed by atoms with Crippen LogP contribution < -0.4 is 5.32 Å². The third kappa shape index (κ3) is 3.78. The quantitative estimate of drug-likeness (QED) is 0.659. The van der Waals surface area contributed by atoms with Gasteiger partial charge in [0.15, 0.2) is 5.69 Å². The number of benzene rings is 2. The largest absolute Gasteiger partial charge is 0.346 e. The van der Waals surface area contributed by atoms with Crippen molar-refractivity contribution < 1.29 is 9.18 Å². The number of halogens is 3. The lowest BCUT2D eigenvalue weighted by Crippen LogP contribution is -2.24. The second-order valence-corrected chi connectivity index (χ2v) is 7.05. The zero-order valence-corrected chi connectivity index (χ0v) is 16.4. The van der Waals surface area contributed by atoms with Crippen LogP contribution in [0.5, 0.6) is 0 Å². The van der Waals surface area contributed by atoms with E-state index in [1.807, 2.05) is 25.1 Å². The molecule has 5 nitrogen and oxygen atoms in total. The highest BCUT2D eigenvalue weighted by Gasteiger charge is 2.17. The number of aryl methyl sites for hydroxylation is 1. The lowest BCUT2D eigenvalue weighted by atomic mass is 10.2. The molecule has 26 heavy (non-hydrogen) atoms. The van der Waals surface area contributed by atoms with Crippen LogP contribution in [-0.2, 0) is 6.54 Å². The first-order valence-electron chi connectivity index (χ1n) is 7.78. The highest BCUT2D eigenvalue weighted by Crippen LogP contribution is 2.21. The van der Waals surface area contributed by atoms with Crippen LogP contribution in [-0.4, -0.2) is 20.9 Å². The minimum absolute atomic E-state index is 0.168. The van der Waals surface area contributed by atoms with Gasteiger partial charge < -0.3 is 5.32 Å². The van der Waals surface area contributed by atoms with E-state index in [1.165, 1.54) is 18.2 Å². The highest BCUT2D eigenvalue weighted by atomic mass is 79.9. The summed E-state index contributed by atoms with van der Waals surface area (Å²) in [7, 11) is 0. The van der Waals surface area contributed by atoms with Crippen molar-refractivity contribution in [3.8, 4) is 5.69 Å². The number of carbonyl (C=O) groups is 1. The summed E-state index contributed by atoms with van der Waals surface area (Å²) in [6, 6.07) is 9.80. The maximum atomic E-state index is 13.1. The first-order valence-corrected chi connectivity index (χ1v) is 8.95. The molecule has 1 N–H and O–H groups in total. The van der Waals surface area contributed by atoms with Gasteiger partial charge in [-0.15, -0.1) is 5.10 Å². The van der Waals surface area contributed by atoms with E-state index in [9.17, 15) is 9.18 Å². The molecule has 1 amide bonds. The zero-order chi connectivity index (χ0) is 18.8. The van der Waals surface area contributed by atoms with Crippen LogP contribution in [0, 0.1) is 19.7 Å². The Balaban J connectivity index is 1.78. The molecule has 0 radical (unpaired) electrons. The van der Waals surface area contributed by atoms with E-state index in [0.29, 0.717) is 11.3 Å². The first kappa shape index (κ1) is 18.5. The molecule has 134 valence electrons. The highest BCUT2D eigenvalue weighted by molar-refractivity contribution is 9.10. The van der Waals surface area contributed by atoms with Crippen LogP contribution in [0.15, 0.2) is 40.9 Å². The van der Waals surface area contributed by atoms with E-state index in [4.69, 9.17) is 11.6 Å². The molecular weight excluding hydrogens is 423 g/mol. The fourth-order valence-electron chi connectivity index (χ4n) is 2.47. The Labute approximate surface area is 163 Å². The van der Waals surface area contributed by atoms with Gasteiger partial charge in [-0.3, -0.25) is 4.79 Å². The molecule has 0 saturated carbocycles. The third-order valence-corrected chi connectivity index (χ3v) is 5.19. The molecule has 0 unspecified atom stereocenters. The summed E-state index contributed by atoms with van der Waals surface area (Å²) in [5.41, 5.74) is 3.33. The molecule has 0 aliphatic heterocycles. The predicted molar refractivity (Wildman–Crippen MR) is 101 cm³/mol. The Morgan fingerprint density at radius 3 is 2.73 bits per heavy atom. The van der Waals surface area contributed by atoms with Crippen LogP contribution in [0.25, 0.3) is 5.69 Å². The summed E-state index contributed by atoms with van der Waals surface area (Å²) < 4.78 is 15.7. The molecular formula is C18H15BrClFN4O. The Bertz CT molecular complexity index is 989. The molecule has 0 atom stereocenters. The Morgan fingerprint density at radius 2 is 2.04 bits per heavy atom. The van der Waals surface area contributed by atoms with Gasteiger partial charge in [0, 0.05) is 16.0 Å². The predicted octanol–water partition coefficient (Wildman–Crippen LogP) is 4.37. The fourth-order valence-corrected chi connectivity index (χ4v) is 2.95. The Morgan fingerprint density at radius 1 is 1.27 bits per heavy atom. The van der Waals surface area contributed by atoms with Crippen molar-refractivity contribution in [3.63, 3.8) is 0 Å². The number of carbonyl (C=O) groups excluding carboxylic acids is 1. The van der Waals surface area contributed by atoms with E-state index in [0.717, 1.165) is 15.7 Å². The Kier molecular flexibility index (Phi) is 5.38.